The second kappa shape index (κ2) is 7.97. The molecule has 0 radical (unpaired) electrons. The molecule has 0 bridgehead atoms. The van der Waals surface area contributed by atoms with Crippen molar-refractivity contribution in [3.8, 4) is 0 Å². The number of benzene rings is 3. The van der Waals surface area contributed by atoms with E-state index in [0.29, 0.717) is 11.4 Å². The minimum atomic E-state index is -0.583. The van der Waals surface area contributed by atoms with Crippen molar-refractivity contribution >= 4 is 34.8 Å². The van der Waals surface area contributed by atoms with Crippen LogP contribution in [0.4, 0.5) is 20.2 Å². The Bertz CT molecular complexity index is 1010. The minimum Gasteiger partial charge on any atom is -0.322 e. The van der Waals surface area contributed by atoms with Crippen LogP contribution in [-0.2, 0) is 0 Å². The normalized spacial score (nSPS) is 10.3. The van der Waals surface area contributed by atoms with Crippen LogP contribution in [0.2, 0.25) is 5.02 Å². The van der Waals surface area contributed by atoms with Crippen molar-refractivity contribution in [1.82, 2.24) is 0 Å². The first-order chi connectivity index (χ1) is 12.9. The molecule has 0 atom stereocenters. The number of anilines is 2. The number of carbonyl (C=O) groups excluding carboxylic acids is 2. The summed E-state index contributed by atoms with van der Waals surface area (Å²) in [5.41, 5.74) is 1.31. The summed E-state index contributed by atoms with van der Waals surface area (Å²) in [6, 6.07) is 15.2. The molecule has 7 heteroatoms. The maximum atomic E-state index is 13.2. The third-order valence-electron chi connectivity index (χ3n) is 3.67. The Morgan fingerprint density at radius 3 is 2.04 bits per heavy atom. The second-order valence-corrected chi connectivity index (χ2v) is 6.03. The molecule has 0 saturated heterocycles. The predicted octanol–water partition coefficient (Wildman–Crippen LogP) is 5.12. The Kier molecular flexibility index (Phi) is 5.47. The lowest BCUT2D eigenvalue weighted by Gasteiger charge is -2.09. The first-order valence-corrected chi connectivity index (χ1v) is 8.23. The van der Waals surface area contributed by atoms with Gasteiger partial charge in [0.15, 0.2) is 0 Å². The summed E-state index contributed by atoms with van der Waals surface area (Å²) in [7, 11) is 0. The molecule has 3 aromatic carbocycles. The van der Waals surface area contributed by atoms with Crippen molar-refractivity contribution in [3.63, 3.8) is 0 Å². The van der Waals surface area contributed by atoms with Gasteiger partial charge < -0.3 is 10.6 Å². The zero-order valence-electron chi connectivity index (χ0n) is 13.8. The molecule has 4 nitrogen and oxygen atoms in total. The summed E-state index contributed by atoms with van der Waals surface area (Å²) in [5, 5.41) is 5.14. The lowest BCUT2D eigenvalue weighted by atomic mass is 10.1. The van der Waals surface area contributed by atoms with Gasteiger partial charge in [-0.15, -0.1) is 0 Å². The monoisotopic (exact) mass is 386 g/mol. The van der Waals surface area contributed by atoms with E-state index in [1.165, 1.54) is 42.5 Å². The van der Waals surface area contributed by atoms with Crippen molar-refractivity contribution in [2.24, 2.45) is 0 Å². The van der Waals surface area contributed by atoms with Gasteiger partial charge in [0.25, 0.3) is 11.8 Å². The van der Waals surface area contributed by atoms with Crippen LogP contribution in [0.5, 0.6) is 0 Å². The van der Waals surface area contributed by atoms with E-state index in [2.05, 4.69) is 10.6 Å². The minimum absolute atomic E-state index is 0.104. The van der Waals surface area contributed by atoms with Crippen LogP contribution in [0.3, 0.4) is 0 Å². The van der Waals surface area contributed by atoms with Crippen LogP contribution in [0.1, 0.15) is 20.7 Å². The molecule has 0 heterocycles. The smallest absolute Gasteiger partial charge is 0.255 e. The number of amides is 2. The number of halogens is 3. The van der Waals surface area contributed by atoms with E-state index in [1.807, 2.05) is 0 Å². The van der Waals surface area contributed by atoms with Crippen molar-refractivity contribution in [2.45, 2.75) is 0 Å². The summed E-state index contributed by atoms with van der Waals surface area (Å²) in [6.07, 6.45) is 0. The van der Waals surface area contributed by atoms with E-state index >= 15 is 0 Å². The van der Waals surface area contributed by atoms with E-state index in [1.54, 1.807) is 18.2 Å². The molecule has 3 aromatic rings. The van der Waals surface area contributed by atoms with Gasteiger partial charge in [0.05, 0.1) is 5.02 Å². The number of hydrogen-bond donors (Lipinski definition) is 2. The lowest BCUT2D eigenvalue weighted by molar-refractivity contribution is 0.101. The summed E-state index contributed by atoms with van der Waals surface area (Å²) >= 11 is 5.70. The molecule has 0 aromatic heterocycles. The molecule has 2 amide bonds. The molecule has 0 fully saturated rings. The van der Waals surface area contributed by atoms with Gasteiger partial charge in [0, 0.05) is 22.5 Å². The molecular weight excluding hydrogens is 374 g/mol. The first kappa shape index (κ1) is 18.5. The quantitative estimate of drug-likeness (QED) is 0.653. The third-order valence-corrected chi connectivity index (χ3v) is 3.96. The summed E-state index contributed by atoms with van der Waals surface area (Å²) in [4.78, 5) is 24.5. The number of rotatable bonds is 4. The van der Waals surface area contributed by atoms with Crippen LogP contribution in [0.25, 0.3) is 0 Å². The Morgan fingerprint density at radius 1 is 0.741 bits per heavy atom. The topological polar surface area (TPSA) is 58.2 Å². The van der Waals surface area contributed by atoms with E-state index in [0.717, 1.165) is 6.07 Å². The number of nitrogens with one attached hydrogen (secondary N) is 2. The zero-order valence-corrected chi connectivity index (χ0v) is 14.6. The summed E-state index contributed by atoms with van der Waals surface area (Å²) in [6.45, 7) is 0. The van der Waals surface area contributed by atoms with Gasteiger partial charge in [-0.3, -0.25) is 9.59 Å². The predicted molar refractivity (Wildman–Crippen MR) is 100 cm³/mol. The molecule has 3 rings (SSSR count). The lowest BCUT2D eigenvalue weighted by Crippen LogP contribution is -2.14. The van der Waals surface area contributed by atoms with Gasteiger partial charge in [-0.25, -0.2) is 8.78 Å². The fourth-order valence-corrected chi connectivity index (χ4v) is 2.50. The van der Waals surface area contributed by atoms with Crippen molar-refractivity contribution in [2.75, 3.05) is 10.6 Å². The van der Waals surface area contributed by atoms with Gasteiger partial charge in [0.1, 0.15) is 11.6 Å². The highest BCUT2D eigenvalue weighted by atomic mass is 35.5. The molecule has 136 valence electrons. The van der Waals surface area contributed by atoms with Gasteiger partial charge in [-0.1, -0.05) is 17.7 Å². The van der Waals surface area contributed by atoms with Crippen LogP contribution in [0.15, 0.2) is 66.7 Å². The molecule has 0 saturated carbocycles. The molecular formula is C20H13ClF2N2O2. The van der Waals surface area contributed by atoms with Gasteiger partial charge in [-0.05, 0) is 60.7 Å². The average molecular weight is 387 g/mol. The zero-order chi connectivity index (χ0) is 19.4. The van der Waals surface area contributed by atoms with Crippen molar-refractivity contribution < 1.29 is 18.4 Å². The molecule has 0 aliphatic rings. The largest absolute Gasteiger partial charge is 0.322 e. The van der Waals surface area contributed by atoms with E-state index in [4.69, 9.17) is 11.6 Å². The molecule has 0 unspecified atom stereocenters. The van der Waals surface area contributed by atoms with Gasteiger partial charge in [-0.2, -0.15) is 0 Å². The SMILES string of the molecule is O=C(Nc1cccc(C(=O)Nc2ccc(F)c(Cl)c2)c1)c1ccc(F)cc1. The summed E-state index contributed by atoms with van der Waals surface area (Å²) in [5.74, 6) is -1.90. The van der Waals surface area contributed by atoms with Crippen LogP contribution in [-0.4, -0.2) is 11.8 Å². The fraction of sp³-hybridized carbons (Fsp3) is 0. The highest BCUT2D eigenvalue weighted by molar-refractivity contribution is 6.31. The van der Waals surface area contributed by atoms with E-state index in [-0.39, 0.29) is 16.1 Å². The molecule has 27 heavy (non-hydrogen) atoms. The van der Waals surface area contributed by atoms with Gasteiger partial charge in [0.2, 0.25) is 0 Å². The second-order valence-electron chi connectivity index (χ2n) is 5.62. The number of carbonyl (C=O) groups is 2. The average Bonchev–Trinajstić information content (AvgIpc) is 2.65. The van der Waals surface area contributed by atoms with Crippen LogP contribution >= 0.6 is 11.6 Å². The van der Waals surface area contributed by atoms with Gasteiger partial charge >= 0.3 is 0 Å². The van der Waals surface area contributed by atoms with E-state index in [9.17, 15) is 18.4 Å². The number of hydrogen-bond acceptors (Lipinski definition) is 2. The van der Waals surface area contributed by atoms with Crippen LogP contribution < -0.4 is 10.6 Å². The molecule has 0 aliphatic heterocycles. The fourth-order valence-electron chi connectivity index (χ4n) is 2.32. The Morgan fingerprint density at radius 2 is 1.37 bits per heavy atom. The molecule has 0 spiro atoms. The maximum absolute atomic E-state index is 13.2. The van der Waals surface area contributed by atoms with Crippen LogP contribution in [0, 0.1) is 11.6 Å². The standard InChI is InChI=1S/C20H13ClF2N2O2/c21-17-11-16(8-9-18(17)23)25-20(27)13-2-1-3-15(10-13)24-19(26)12-4-6-14(22)7-5-12/h1-11H,(H,24,26)(H,25,27). The molecule has 2 N–H and O–H groups in total. The molecule has 0 aliphatic carbocycles. The highest BCUT2D eigenvalue weighted by Crippen LogP contribution is 2.20. The van der Waals surface area contributed by atoms with Crippen molar-refractivity contribution in [3.05, 3.63) is 94.5 Å². The Labute approximate surface area is 158 Å². The third kappa shape index (κ3) is 4.68. The Hall–Kier alpha value is -3.25. The Balaban J connectivity index is 1.72. The maximum Gasteiger partial charge on any atom is 0.255 e. The first-order valence-electron chi connectivity index (χ1n) is 7.86. The van der Waals surface area contributed by atoms with Crippen molar-refractivity contribution in [1.29, 1.82) is 0 Å². The van der Waals surface area contributed by atoms with E-state index < -0.39 is 23.4 Å². The highest BCUT2D eigenvalue weighted by Gasteiger charge is 2.11. The summed E-state index contributed by atoms with van der Waals surface area (Å²) < 4.78 is 26.1.